The molecular formula is C13H10FNO3. The van der Waals surface area contributed by atoms with Crippen LogP contribution < -0.4 is 15.2 Å². The van der Waals surface area contributed by atoms with E-state index in [0.29, 0.717) is 11.4 Å². The molecule has 0 unspecified atom stereocenters. The van der Waals surface area contributed by atoms with Gasteiger partial charge in [0.2, 0.25) is 0 Å². The van der Waals surface area contributed by atoms with E-state index in [0.717, 1.165) is 0 Å². The number of halogens is 1. The van der Waals surface area contributed by atoms with E-state index < -0.39 is 12.0 Å². The van der Waals surface area contributed by atoms with Crippen LogP contribution in [-0.4, -0.2) is 6.16 Å². The second-order valence-corrected chi connectivity index (χ2v) is 3.48. The van der Waals surface area contributed by atoms with Gasteiger partial charge in [-0.25, -0.2) is 9.18 Å². The Balaban J connectivity index is 1.96. The molecular weight excluding hydrogens is 237 g/mol. The van der Waals surface area contributed by atoms with Crippen LogP contribution in [0.15, 0.2) is 48.5 Å². The van der Waals surface area contributed by atoms with E-state index in [2.05, 4.69) is 0 Å². The summed E-state index contributed by atoms with van der Waals surface area (Å²) in [6, 6.07) is 11.3. The third kappa shape index (κ3) is 3.21. The van der Waals surface area contributed by atoms with Crippen molar-refractivity contribution in [3.8, 4) is 11.5 Å². The van der Waals surface area contributed by atoms with Gasteiger partial charge in [0.05, 0.1) is 0 Å². The number of hydrogen-bond donors (Lipinski definition) is 1. The van der Waals surface area contributed by atoms with E-state index in [1.165, 1.54) is 24.3 Å². The molecule has 2 aromatic rings. The lowest BCUT2D eigenvalue weighted by Gasteiger charge is -2.05. The molecule has 0 amide bonds. The normalized spacial score (nSPS) is 9.83. The van der Waals surface area contributed by atoms with Gasteiger partial charge in [-0.3, -0.25) is 0 Å². The first kappa shape index (κ1) is 11.9. The van der Waals surface area contributed by atoms with Crippen molar-refractivity contribution in [1.82, 2.24) is 0 Å². The summed E-state index contributed by atoms with van der Waals surface area (Å²) in [6.45, 7) is 0. The van der Waals surface area contributed by atoms with Gasteiger partial charge in [-0.15, -0.1) is 0 Å². The van der Waals surface area contributed by atoms with Crippen LogP contribution in [0.5, 0.6) is 11.5 Å². The van der Waals surface area contributed by atoms with Gasteiger partial charge in [-0.2, -0.15) is 0 Å². The predicted molar refractivity (Wildman–Crippen MR) is 63.9 cm³/mol. The Morgan fingerprint density at radius 3 is 1.83 bits per heavy atom. The Morgan fingerprint density at radius 1 is 0.889 bits per heavy atom. The molecule has 2 rings (SSSR count). The molecule has 0 saturated heterocycles. The van der Waals surface area contributed by atoms with E-state index in [1.54, 1.807) is 24.3 Å². The Hall–Kier alpha value is -2.56. The van der Waals surface area contributed by atoms with E-state index in [4.69, 9.17) is 15.2 Å². The Kier molecular flexibility index (Phi) is 3.43. The topological polar surface area (TPSA) is 61.5 Å². The SMILES string of the molecule is Nc1ccc(OC(=O)Oc2ccc(F)cc2)cc1. The van der Waals surface area contributed by atoms with Crippen molar-refractivity contribution in [2.24, 2.45) is 0 Å². The van der Waals surface area contributed by atoms with Crippen LogP contribution in [0, 0.1) is 5.82 Å². The summed E-state index contributed by atoms with van der Waals surface area (Å²) in [5.74, 6) is 0.113. The number of carbonyl (C=O) groups is 1. The number of nitrogens with two attached hydrogens (primary N) is 1. The molecule has 2 N–H and O–H groups in total. The number of nitrogen functional groups attached to an aromatic ring is 1. The van der Waals surface area contributed by atoms with Gasteiger partial charge in [0, 0.05) is 5.69 Å². The van der Waals surface area contributed by atoms with E-state index in [-0.39, 0.29) is 5.75 Å². The van der Waals surface area contributed by atoms with E-state index in [9.17, 15) is 9.18 Å². The number of ether oxygens (including phenoxy) is 2. The predicted octanol–water partition coefficient (Wildman–Crippen LogP) is 2.99. The highest BCUT2D eigenvalue weighted by Crippen LogP contribution is 2.16. The summed E-state index contributed by atoms with van der Waals surface area (Å²) in [6.07, 6.45) is -0.897. The molecule has 0 spiro atoms. The zero-order valence-electron chi connectivity index (χ0n) is 9.30. The third-order valence-corrected chi connectivity index (χ3v) is 2.10. The van der Waals surface area contributed by atoms with Crippen molar-refractivity contribution >= 4 is 11.8 Å². The first-order valence-corrected chi connectivity index (χ1v) is 5.14. The molecule has 0 aliphatic carbocycles. The fraction of sp³-hybridized carbons (Fsp3) is 0. The smallest absolute Gasteiger partial charge is 0.399 e. The number of anilines is 1. The lowest BCUT2D eigenvalue weighted by Crippen LogP contribution is -2.13. The standard InChI is InChI=1S/C13H10FNO3/c14-9-1-5-11(6-2-9)17-13(16)18-12-7-3-10(15)4-8-12/h1-8H,15H2. The number of hydrogen-bond acceptors (Lipinski definition) is 4. The summed E-state index contributed by atoms with van der Waals surface area (Å²) >= 11 is 0. The zero-order chi connectivity index (χ0) is 13.0. The molecule has 0 radical (unpaired) electrons. The fourth-order valence-electron chi connectivity index (χ4n) is 1.25. The minimum atomic E-state index is -0.897. The molecule has 4 nitrogen and oxygen atoms in total. The van der Waals surface area contributed by atoms with E-state index in [1.807, 2.05) is 0 Å². The molecule has 0 aliphatic rings. The molecule has 0 bridgehead atoms. The molecule has 0 fully saturated rings. The molecule has 18 heavy (non-hydrogen) atoms. The van der Waals surface area contributed by atoms with Crippen LogP contribution in [0.25, 0.3) is 0 Å². The molecule has 0 aromatic heterocycles. The Morgan fingerprint density at radius 2 is 1.33 bits per heavy atom. The Labute approximate surface area is 103 Å². The van der Waals surface area contributed by atoms with Gasteiger partial charge in [0.1, 0.15) is 17.3 Å². The third-order valence-electron chi connectivity index (χ3n) is 2.10. The maximum absolute atomic E-state index is 12.6. The first-order chi connectivity index (χ1) is 8.63. The van der Waals surface area contributed by atoms with Gasteiger partial charge < -0.3 is 15.2 Å². The molecule has 5 heteroatoms. The summed E-state index contributed by atoms with van der Waals surface area (Å²) in [5, 5.41) is 0. The van der Waals surface area contributed by atoms with Gasteiger partial charge >= 0.3 is 6.16 Å². The van der Waals surface area contributed by atoms with Gasteiger partial charge in [-0.1, -0.05) is 0 Å². The van der Waals surface area contributed by atoms with Crippen molar-refractivity contribution in [3.63, 3.8) is 0 Å². The maximum Gasteiger partial charge on any atom is 0.519 e. The minimum absolute atomic E-state index is 0.205. The lowest BCUT2D eigenvalue weighted by molar-refractivity contribution is 0.152. The highest BCUT2D eigenvalue weighted by Gasteiger charge is 2.07. The highest BCUT2D eigenvalue weighted by atomic mass is 19.1. The van der Waals surface area contributed by atoms with Gasteiger partial charge in [0.25, 0.3) is 0 Å². The van der Waals surface area contributed by atoms with Gasteiger partial charge in [-0.05, 0) is 48.5 Å². The van der Waals surface area contributed by atoms with Crippen molar-refractivity contribution < 1.29 is 18.7 Å². The number of rotatable bonds is 2. The monoisotopic (exact) mass is 247 g/mol. The highest BCUT2D eigenvalue weighted by molar-refractivity contribution is 5.67. The molecule has 2 aromatic carbocycles. The minimum Gasteiger partial charge on any atom is -0.399 e. The average molecular weight is 247 g/mol. The number of benzene rings is 2. The van der Waals surface area contributed by atoms with Gasteiger partial charge in [0.15, 0.2) is 0 Å². The summed E-state index contributed by atoms with van der Waals surface area (Å²) in [7, 11) is 0. The van der Waals surface area contributed by atoms with Crippen LogP contribution in [0.3, 0.4) is 0 Å². The second kappa shape index (κ2) is 5.18. The lowest BCUT2D eigenvalue weighted by atomic mass is 10.3. The largest absolute Gasteiger partial charge is 0.519 e. The quantitative estimate of drug-likeness (QED) is 0.503. The fourth-order valence-corrected chi connectivity index (χ4v) is 1.25. The van der Waals surface area contributed by atoms with Crippen molar-refractivity contribution in [2.45, 2.75) is 0 Å². The second-order valence-electron chi connectivity index (χ2n) is 3.48. The maximum atomic E-state index is 12.6. The molecule has 0 saturated carbocycles. The Bertz CT molecular complexity index is 488. The zero-order valence-corrected chi connectivity index (χ0v) is 9.30. The van der Waals surface area contributed by atoms with E-state index >= 15 is 0 Å². The molecule has 0 aliphatic heterocycles. The van der Waals surface area contributed by atoms with Crippen molar-refractivity contribution in [1.29, 1.82) is 0 Å². The van der Waals surface area contributed by atoms with Crippen LogP contribution in [0.2, 0.25) is 0 Å². The summed E-state index contributed by atoms with van der Waals surface area (Å²) < 4.78 is 22.4. The summed E-state index contributed by atoms with van der Waals surface area (Å²) in [5.41, 5.74) is 6.05. The van der Waals surface area contributed by atoms with Crippen molar-refractivity contribution in [2.75, 3.05) is 5.73 Å². The van der Waals surface area contributed by atoms with Crippen LogP contribution in [0.1, 0.15) is 0 Å². The molecule has 0 atom stereocenters. The van der Waals surface area contributed by atoms with Crippen molar-refractivity contribution in [3.05, 3.63) is 54.3 Å². The number of carbonyl (C=O) groups excluding carboxylic acids is 1. The summed E-state index contributed by atoms with van der Waals surface area (Å²) in [4.78, 5) is 11.4. The molecule has 92 valence electrons. The van der Waals surface area contributed by atoms with Crippen LogP contribution in [0.4, 0.5) is 14.9 Å². The molecule has 0 heterocycles. The van der Waals surface area contributed by atoms with Crippen LogP contribution in [-0.2, 0) is 0 Å². The average Bonchev–Trinajstić information content (AvgIpc) is 2.35. The van der Waals surface area contributed by atoms with Crippen LogP contribution >= 0.6 is 0 Å². The first-order valence-electron chi connectivity index (χ1n) is 5.14.